The van der Waals surface area contributed by atoms with E-state index in [1.54, 1.807) is 6.07 Å². The van der Waals surface area contributed by atoms with Crippen molar-refractivity contribution in [3.63, 3.8) is 0 Å². The maximum atomic E-state index is 14.6. The second-order valence-corrected chi connectivity index (χ2v) is 7.41. The zero-order valence-corrected chi connectivity index (χ0v) is 15.0. The van der Waals surface area contributed by atoms with Crippen LogP contribution in [0.15, 0.2) is 53.7 Å². The number of aryl methyl sites for hydroxylation is 1. The van der Waals surface area contributed by atoms with Crippen molar-refractivity contribution < 1.29 is 4.39 Å². The van der Waals surface area contributed by atoms with Crippen molar-refractivity contribution in [1.29, 1.82) is 0 Å². The summed E-state index contributed by atoms with van der Waals surface area (Å²) < 4.78 is 14.6. The van der Waals surface area contributed by atoms with Crippen LogP contribution in [0.1, 0.15) is 48.9 Å². The molecule has 1 aliphatic heterocycles. The van der Waals surface area contributed by atoms with E-state index in [4.69, 9.17) is 4.99 Å². The maximum Gasteiger partial charge on any atom is 0.127 e. The fourth-order valence-electron chi connectivity index (χ4n) is 3.64. The average Bonchev–Trinajstić information content (AvgIpc) is 2.58. The molecule has 3 heteroatoms. The Bertz CT molecular complexity index is 1020. The minimum Gasteiger partial charge on any atom is -0.277 e. The Balaban J connectivity index is 1.97. The molecule has 2 aromatic carbocycles. The molecule has 1 aromatic heterocycles. The zero-order chi connectivity index (χ0) is 17.8. The topological polar surface area (TPSA) is 25.2 Å². The highest BCUT2D eigenvalue weighted by Gasteiger charge is 2.36. The van der Waals surface area contributed by atoms with Gasteiger partial charge in [-0.25, -0.2) is 4.39 Å². The van der Waals surface area contributed by atoms with Crippen LogP contribution in [0.4, 0.5) is 4.39 Å². The number of aromatic nitrogens is 1. The molecule has 0 saturated heterocycles. The maximum absolute atomic E-state index is 14.6. The normalized spacial score (nSPS) is 18.8. The van der Waals surface area contributed by atoms with E-state index in [1.807, 2.05) is 25.3 Å². The van der Waals surface area contributed by atoms with Gasteiger partial charge in [0.25, 0.3) is 0 Å². The molecule has 0 bridgehead atoms. The molecule has 0 N–H and O–H groups in total. The summed E-state index contributed by atoms with van der Waals surface area (Å²) >= 11 is 0. The van der Waals surface area contributed by atoms with Crippen molar-refractivity contribution >= 4 is 16.6 Å². The predicted molar refractivity (Wildman–Crippen MR) is 101 cm³/mol. The molecule has 0 fully saturated rings. The quantitative estimate of drug-likeness (QED) is 0.584. The molecular formula is C22H21FN2. The molecule has 1 atom stereocenters. The summed E-state index contributed by atoms with van der Waals surface area (Å²) in [5.41, 5.74) is 5.16. The summed E-state index contributed by atoms with van der Waals surface area (Å²) in [6.45, 7) is 8.23. The van der Waals surface area contributed by atoms with Gasteiger partial charge in [-0.2, -0.15) is 0 Å². The Morgan fingerprint density at radius 2 is 1.84 bits per heavy atom. The number of aliphatic imine (C=N–C) groups is 1. The molecule has 0 amide bonds. The minimum atomic E-state index is -0.369. The van der Waals surface area contributed by atoms with Gasteiger partial charge in [-0.15, -0.1) is 0 Å². The number of hydrogen-bond acceptors (Lipinski definition) is 2. The van der Waals surface area contributed by atoms with E-state index < -0.39 is 0 Å². The molecule has 0 saturated carbocycles. The van der Waals surface area contributed by atoms with Gasteiger partial charge in [-0.05, 0) is 38.5 Å². The number of nitrogens with zero attached hydrogens (tertiary/aromatic N) is 2. The first-order valence-corrected chi connectivity index (χ1v) is 8.63. The van der Waals surface area contributed by atoms with Crippen molar-refractivity contribution in [3.05, 3.63) is 76.7 Å². The van der Waals surface area contributed by atoms with Gasteiger partial charge in [-0.1, -0.05) is 37.3 Å². The molecule has 126 valence electrons. The Morgan fingerprint density at radius 3 is 2.64 bits per heavy atom. The first-order chi connectivity index (χ1) is 11.9. The minimum absolute atomic E-state index is 0.0168. The lowest BCUT2D eigenvalue weighted by atomic mass is 9.76. The van der Waals surface area contributed by atoms with Crippen LogP contribution in [0.3, 0.4) is 0 Å². The van der Waals surface area contributed by atoms with Gasteiger partial charge in [0.1, 0.15) is 5.82 Å². The first kappa shape index (κ1) is 15.9. The number of benzene rings is 2. The summed E-state index contributed by atoms with van der Waals surface area (Å²) in [5.74, 6) is -0.141. The van der Waals surface area contributed by atoms with Gasteiger partial charge in [0, 0.05) is 34.2 Å². The smallest absolute Gasteiger partial charge is 0.127 e. The van der Waals surface area contributed by atoms with E-state index in [9.17, 15) is 4.39 Å². The summed E-state index contributed by atoms with van der Waals surface area (Å²) in [6.07, 6.45) is 1.86. The predicted octanol–water partition coefficient (Wildman–Crippen LogP) is 5.42. The molecule has 25 heavy (non-hydrogen) atoms. The van der Waals surface area contributed by atoms with Crippen LogP contribution in [0.2, 0.25) is 0 Å². The van der Waals surface area contributed by atoms with Crippen molar-refractivity contribution in [2.45, 2.75) is 39.2 Å². The van der Waals surface area contributed by atoms with Gasteiger partial charge < -0.3 is 0 Å². The van der Waals surface area contributed by atoms with Crippen molar-refractivity contribution in [2.24, 2.45) is 4.99 Å². The number of pyridine rings is 1. The molecule has 3 aromatic rings. The third kappa shape index (κ3) is 2.46. The Hall–Kier alpha value is -2.55. The fraction of sp³-hybridized carbons (Fsp3) is 0.273. The third-order valence-corrected chi connectivity index (χ3v) is 5.39. The summed E-state index contributed by atoms with van der Waals surface area (Å²) in [7, 11) is 0. The molecule has 0 radical (unpaired) electrons. The molecular weight excluding hydrogens is 311 g/mol. The first-order valence-electron chi connectivity index (χ1n) is 8.63. The lowest BCUT2D eigenvalue weighted by molar-refractivity contribution is 0.417. The highest BCUT2D eigenvalue weighted by Crippen LogP contribution is 2.40. The van der Waals surface area contributed by atoms with Crippen LogP contribution >= 0.6 is 0 Å². The SMILES string of the molecule is Cc1cccc2cc(C3=NC(C)(C)C(C)c4c(F)cccc43)cnc12. The van der Waals surface area contributed by atoms with Crippen molar-refractivity contribution in [1.82, 2.24) is 4.98 Å². The standard InChI is InChI=1S/C22H21FN2/c1-13-7-5-8-15-11-16(12-24-20(13)15)21-17-9-6-10-18(23)19(17)14(2)22(3,4)25-21/h5-12,14H,1-4H3. The Kier molecular flexibility index (Phi) is 3.50. The second kappa shape index (κ2) is 5.48. The highest BCUT2D eigenvalue weighted by molar-refractivity contribution is 6.15. The molecule has 0 aliphatic carbocycles. The van der Waals surface area contributed by atoms with Gasteiger partial charge >= 0.3 is 0 Å². The number of rotatable bonds is 1. The summed E-state index contributed by atoms with van der Waals surface area (Å²) in [5, 5.41) is 1.08. The Morgan fingerprint density at radius 1 is 1.08 bits per heavy atom. The van der Waals surface area contributed by atoms with Crippen molar-refractivity contribution in [2.75, 3.05) is 0 Å². The highest BCUT2D eigenvalue weighted by atomic mass is 19.1. The molecule has 1 unspecified atom stereocenters. The Labute approximate surface area is 147 Å². The lowest BCUT2D eigenvalue weighted by Crippen LogP contribution is -2.33. The zero-order valence-electron chi connectivity index (χ0n) is 15.0. The van der Waals surface area contributed by atoms with Gasteiger partial charge in [0.2, 0.25) is 0 Å². The molecule has 2 heterocycles. The summed E-state index contributed by atoms with van der Waals surface area (Å²) in [6, 6.07) is 13.5. The van der Waals surface area contributed by atoms with E-state index in [0.717, 1.165) is 38.9 Å². The van der Waals surface area contributed by atoms with E-state index in [0.29, 0.717) is 0 Å². The fourth-order valence-corrected chi connectivity index (χ4v) is 3.64. The van der Waals surface area contributed by atoms with Gasteiger partial charge in [0.05, 0.1) is 16.8 Å². The number of fused-ring (bicyclic) bond motifs is 2. The molecule has 2 nitrogen and oxygen atoms in total. The van der Waals surface area contributed by atoms with Crippen LogP contribution in [0, 0.1) is 12.7 Å². The van der Waals surface area contributed by atoms with Gasteiger partial charge in [-0.3, -0.25) is 9.98 Å². The summed E-state index contributed by atoms with van der Waals surface area (Å²) in [4.78, 5) is 9.63. The largest absolute Gasteiger partial charge is 0.277 e. The van der Waals surface area contributed by atoms with Crippen LogP contribution in [0.25, 0.3) is 10.9 Å². The van der Waals surface area contributed by atoms with E-state index in [1.165, 1.54) is 6.07 Å². The third-order valence-electron chi connectivity index (χ3n) is 5.39. The van der Waals surface area contributed by atoms with Crippen molar-refractivity contribution in [3.8, 4) is 0 Å². The molecule has 4 rings (SSSR count). The lowest BCUT2D eigenvalue weighted by Gasteiger charge is -2.35. The van der Waals surface area contributed by atoms with Crippen LogP contribution in [-0.4, -0.2) is 16.2 Å². The van der Waals surface area contributed by atoms with E-state index >= 15 is 0 Å². The van der Waals surface area contributed by atoms with E-state index in [2.05, 4.69) is 44.0 Å². The van der Waals surface area contributed by atoms with E-state index in [-0.39, 0.29) is 17.3 Å². The number of halogens is 1. The number of hydrogen-bond donors (Lipinski definition) is 0. The monoisotopic (exact) mass is 332 g/mol. The molecule has 1 aliphatic rings. The second-order valence-electron chi connectivity index (χ2n) is 7.41. The van der Waals surface area contributed by atoms with Gasteiger partial charge in [0.15, 0.2) is 0 Å². The average molecular weight is 332 g/mol. The molecule has 0 spiro atoms. The van der Waals surface area contributed by atoms with Crippen LogP contribution in [0.5, 0.6) is 0 Å². The van der Waals surface area contributed by atoms with Crippen LogP contribution in [-0.2, 0) is 0 Å². The van der Waals surface area contributed by atoms with Crippen LogP contribution < -0.4 is 0 Å². The number of para-hydroxylation sites is 1.